The zero-order valence-electron chi connectivity index (χ0n) is 16.9. The van der Waals surface area contributed by atoms with Crippen molar-refractivity contribution in [3.63, 3.8) is 0 Å². The normalized spacial score (nSPS) is 19.0. The van der Waals surface area contributed by atoms with Gasteiger partial charge in [0.15, 0.2) is 5.96 Å². The maximum Gasteiger partial charge on any atom is 0.191 e. The fourth-order valence-corrected chi connectivity index (χ4v) is 4.22. The van der Waals surface area contributed by atoms with Gasteiger partial charge in [-0.15, -0.1) is 35.3 Å². The lowest BCUT2D eigenvalue weighted by molar-refractivity contribution is 0.127. The molecule has 160 valence electrons. The molecule has 29 heavy (non-hydrogen) atoms. The smallest absolute Gasteiger partial charge is 0.191 e. The van der Waals surface area contributed by atoms with Crippen LogP contribution in [-0.2, 0) is 24.1 Å². The van der Waals surface area contributed by atoms with E-state index in [4.69, 9.17) is 9.72 Å². The van der Waals surface area contributed by atoms with Crippen molar-refractivity contribution >= 4 is 41.3 Å². The average Bonchev–Trinajstić information content (AvgIpc) is 3.38. The van der Waals surface area contributed by atoms with Gasteiger partial charge in [0, 0.05) is 44.0 Å². The molecule has 1 aliphatic heterocycles. The number of aliphatic hydroxyl groups is 1. The topological polar surface area (TPSA) is 78.8 Å². The second-order valence-electron chi connectivity index (χ2n) is 7.27. The zero-order valence-corrected chi connectivity index (χ0v) is 20.0. The lowest BCUT2D eigenvalue weighted by Crippen LogP contribution is -2.44. The highest BCUT2D eigenvalue weighted by atomic mass is 127. The third-order valence-corrected chi connectivity index (χ3v) is 6.15. The zero-order chi connectivity index (χ0) is 19.7. The summed E-state index contributed by atoms with van der Waals surface area (Å²) in [6.45, 7) is 3.02. The molecule has 3 N–H and O–H groups in total. The van der Waals surface area contributed by atoms with E-state index in [0.29, 0.717) is 13.2 Å². The number of aromatic nitrogens is 1. The monoisotopic (exact) mass is 530 g/mol. The van der Waals surface area contributed by atoms with Crippen LogP contribution in [0.3, 0.4) is 0 Å². The highest BCUT2D eigenvalue weighted by molar-refractivity contribution is 14.0. The molecule has 0 radical (unpaired) electrons. The Labute approximate surface area is 194 Å². The fraction of sp³-hybridized carbons (Fsp3) is 0.524. The number of nitrogens with one attached hydrogen (secondary N) is 2. The first kappa shape index (κ1) is 24.0. The minimum Gasteiger partial charge on any atom is -0.396 e. The van der Waals surface area contributed by atoms with Gasteiger partial charge in [-0.3, -0.25) is 4.99 Å². The molecule has 1 fully saturated rings. The van der Waals surface area contributed by atoms with Gasteiger partial charge in [0.25, 0.3) is 0 Å². The van der Waals surface area contributed by atoms with Gasteiger partial charge in [-0.05, 0) is 24.8 Å². The van der Waals surface area contributed by atoms with Gasteiger partial charge < -0.3 is 20.5 Å². The molecule has 0 bridgehead atoms. The van der Waals surface area contributed by atoms with Crippen molar-refractivity contribution in [2.24, 2.45) is 10.4 Å². The molecule has 6 nitrogen and oxygen atoms in total. The summed E-state index contributed by atoms with van der Waals surface area (Å²) in [5.41, 5.74) is 2.37. The number of aryl methyl sites for hydroxylation is 2. The Bertz CT molecular complexity index is 748. The predicted octanol–water partition coefficient (Wildman–Crippen LogP) is 3.00. The van der Waals surface area contributed by atoms with E-state index < -0.39 is 0 Å². The van der Waals surface area contributed by atoms with E-state index in [1.807, 2.05) is 6.07 Å². The van der Waals surface area contributed by atoms with Crippen molar-refractivity contribution in [2.45, 2.75) is 32.2 Å². The molecular formula is C21H31IN4O2S. The summed E-state index contributed by atoms with van der Waals surface area (Å²) < 4.78 is 5.55. The van der Waals surface area contributed by atoms with E-state index in [9.17, 15) is 5.11 Å². The molecule has 1 unspecified atom stereocenters. The number of benzene rings is 1. The molecule has 0 aliphatic carbocycles. The van der Waals surface area contributed by atoms with Crippen LogP contribution in [0.1, 0.15) is 29.1 Å². The standard InChI is InChI=1S/C21H30N4O2S.HI/c1-22-20(24-15-21(9-11-26)10-12-27-16-21)23-13-18-14-28-19(25-18)8-7-17-5-3-2-4-6-17;/h2-6,14,26H,7-13,15-16H2,1H3,(H2,22,23,24);1H. The molecule has 0 saturated carbocycles. The number of halogens is 1. The summed E-state index contributed by atoms with van der Waals surface area (Å²) in [4.78, 5) is 9.04. The van der Waals surface area contributed by atoms with Gasteiger partial charge in [0.2, 0.25) is 0 Å². The third kappa shape index (κ3) is 7.51. The minimum atomic E-state index is -0.00237. The molecular weight excluding hydrogens is 499 g/mol. The maximum absolute atomic E-state index is 9.35. The first-order valence-corrected chi connectivity index (χ1v) is 10.7. The first-order chi connectivity index (χ1) is 13.7. The van der Waals surface area contributed by atoms with E-state index in [1.165, 1.54) is 5.56 Å². The molecule has 1 aromatic heterocycles. The van der Waals surface area contributed by atoms with Gasteiger partial charge in [-0.25, -0.2) is 4.98 Å². The summed E-state index contributed by atoms with van der Waals surface area (Å²) in [5, 5.41) is 19.3. The SMILES string of the molecule is CN=C(NCc1csc(CCc2ccccc2)n1)NCC1(CCO)CCOC1.I. The number of hydrogen-bond donors (Lipinski definition) is 3. The van der Waals surface area contributed by atoms with Crippen LogP contribution < -0.4 is 10.6 Å². The van der Waals surface area contributed by atoms with E-state index in [0.717, 1.165) is 55.5 Å². The average molecular weight is 530 g/mol. The Balaban J connectivity index is 0.00000300. The van der Waals surface area contributed by atoms with Crippen LogP contribution in [0.2, 0.25) is 0 Å². The molecule has 0 spiro atoms. The Hall–Kier alpha value is -1.23. The predicted molar refractivity (Wildman–Crippen MR) is 129 cm³/mol. The summed E-state index contributed by atoms with van der Waals surface area (Å²) in [6.07, 6.45) is 3.69. The highest BCUT2D eigenvalue weighted by Gasteiger charge is 2.34. The molecule has 1 atom stereocenters. The number of ether oxygens (including phenoxy) is 1. The largest absolute Gasteiger partial charge is 0.396 e. The molecule has 1 aliphatic rings. The molecule has 2 heterocycles. The number of aliphatic hydroxyl groups excluding tert-OH is 1. The van der Waals surface area contributed by atoms with Crippen LogP contribution in [-0.4, -0.2) is 49.5 Å². The fourth-order valence-electron chi connectivity index (χ4n) is 3.42. The molecule has 0 amide bonds. The van der Waals surface area contributed by atoms with Crippen LogP contribution in [0.5, 0.6) is 0 Å². The van der Waals surface area contributed by atoms with Crippen LogP contribution in [0, 0.1) is 5.41 Å². The molecule has 1 aromatic carbocycles. The number of guanidine groups is 1. The quantitative estimate of drug-likeness (QED) is 0.264. The third-order valence-electron chi connectivity index (χ3n) is 5.19. The number of nitrogens with zero attached hydrogens (tertiary/aromatic N) is 2. The van der Waals surface area contributed by atoms with E-state index >= 15 is 0 Å². The van der Waals surface area contributed by atoms with Crippen LogP contribution in [0.15, 0.2) is 40.7 Å². The molecule has 3 rings (SSSR count). The first-order valence-electron chi connectivity index (χ1n) is 9.83. The van der Waals surface area contributed by atoms with Gasteiger partial charge in [-0.1, -0.05) is 30.3 Å². The number of rotatable bonds is 9. The number of aliphatic imine (C=N–C) groups is 1. The van der Waals surface area contributed by atoms with Crippen molar-refractivity contribution in [3.05, 3.63) is 52.0 Å². The van der Waals surface area contributed by atoms with Crippen molar-refractivity contribution in [1.82, 2.24) is 15.6 Å². The van der Waals surface area contributed by atoms with Crippen molar-refractivity contribution in [1.29, 1.82) is 0 Å². The Morgan fingerprint density at radius 1 is 1.28 bits per heavy atom. The number of thiazole rings is 1. The molecule has 2 aromatic rings. The Morgan fingerprint density at radius 2 is 2.10 bits per heavy atom. The second-order valence-corrected chi connectivity index (χ2v) is 8.22. The maximum atomic E-state index is 9.35. The van der Waals surface area contributed by atoms with Crippen molar-refractivity contribution in [2.75, 3.05) is 33.4 Å². The Morgan fingerprint density at radius 3 is 2.79 bits per heavy atom. The van der Waals surface area contributed by atoms with Crippen LogP contribution >= 0.6 is 35.3 Å². The van der Waals surface area contributed by atoms with E-state index in [1.54, 1.807) is 18.4 Å². The van der Waals surface area contributed by atoms with Crippen molar-refractivity contribution in [3.8, 4) is 0 Å². The summed E-state index contributed by atoms with van der Waals surface area (Å²) in [5.74, 6) is 0.753. The number of hydrogen-bond acceptors (Lipinski definition) is 5. The molecule has 1 saturated heterocycles. The van der Waals surface area contributed by atoms with Gasteiger partial charge in [0.1, 0.15) is 0 Å². The summed E-state index contributed by atoms with van der Waals surface area (Å²) >= 11 is 1.71. The van der Waals surface area contributed by atoms with E-state index in [2.05, 4.69) is 45.3 Å². The van der Waals surface area contributed by atoms with Crippen LogP contribution in [0.4, 0.5) is 0 Å². The lowest BCUT2D eigenvalue weighted by Gasteiger charge is -2.27. The van der Waals surface area contributed by atoms with Crippen LogP contribution in [0.25, 0.3) is 0 Å². The van der Waals surface area contributed by atoms with Gasteiger partial charge >= 0.3 is 0 Å². The molecule has 8 heteroatoms. The van der Waals surface area contributed by atoms with Gasteiger partial charge in [0.05, 0.1) is 23.9 Å². The minimum absolute atomic E-state index is 0. The summed E-state index contributed by atoms with van der Waals surface area (Å²) in [7, 11) is 1.77. The van der Waals surface area contributed by atoms with Crippen molar-refractivity contribution < 1.29 is 9.84 Å². The summed E-state index contributed by atoms with van der Waals surface area (Å²) in [6, 6.07) is 10.5. The second kappa shape index (κ2) is 12.5. The highest BCUT2D eigenvalue weighted by Crippen LogP contribution is 2.31. The van der Waals surface area contributed by atoms with Gasteiger partial charge in [-0.2, -0.15) is 0 Å². The lowest BCUT2D eigenvalue weighted by atomic mass is 9.84. The van der Waals surface area contributed by atoms with E-state index in [-0.39, 0.29) is 36.0 Å². The Kier molecular flexibility index (Phi) is 10.3.